The van der Waals surface area contributed by atoms with Gasteiger partial charge in [0.05, 0.1) is 0 Å². The van der Waals surface area contributed by atoms with Crippen molar-refractivity contribution in [1.82, 2.24) is 9.80 Å². The van der Waals surface area contributed by atoms with Crippen LogP contribution in [0, 0.1) is 5.82 Å². The first-order valence-corrected chi connectivity index (χ1v) is 7.15. The highest BCUT2D eigenvalue weighted by molar-refractivity contribution is 5.25. The van der Waals surface area contributed by atoms with Gasteiger partial charge in [-0.25, -0.2) is 4.39 Å². The molecular formula is C15H24FN3. The lowest BCUT2D eigenvalue weighted by Crippen LogP contribution is -2.45. The molecule has 0 aromatic heterocycles. The van der Waals surface area contributed by atoms with Crippen LogP contribution in [0.4, 0.5) is 4.39 Å². The van der Waals surface area contributed by atoms with Crippen molar-refractivity contribution in [2.75, 3.05) is 32.7 Å². The van der Waals surface area contributed by atoms with Crippen LogP contribution in [0.5, 0.6) is 0 Å². The Bertz CT molecular complexity index is 400. The van der Waals surface area contributed by atoms with Crippen LogP contribution in [-0.2, 0) is 13.1 Å². The van der Waals surface area contributed by atoms with E-state index in [0.29, 0.717) is 5.56 Å². The third-order valence-electron chi connectivity index (χ3n) is 3.74. The normalized spacial score (nSPS) is 17.8. The molecule has 0 atom stereocenters. The number of nitrogens with zero attached hydrogens (tertiary/aromatic N) is 2. The summed E-state index contributed by atoms with van der Waals surface area (Å²) in [5.74, 6) is -0.195. The molecule has 1 saturated heterocycles. The van der Waals surface area contributed by atoms with Crippen molar-refractivity contribution >= 4 is 0 Å². The topological polar surface area (TPSA) is 32.5 Å². The van der Waals surface area contributed by atoms with Crippen molar-refractivity contribution in [3.8, 4) is 0 Å². The predicted octanol–water partition coefficient (Wildman–Crippen LogP) is 1.81. The Labute approximate surface area is 115 Å². The minimum absolute atomic E-state index is 0.195. The Morgan fingerprint density at radius 2 is 1.84 bits per heavy atom. The quantitative estimate of drug-likeness (QED) is 0.881. The molecule has 0 spiro atoms. The van der Waals surface area contributed by atoms with E-state index in [1.165, 1.54) is 19.0 Å². The number of halogens is 1. The van der Waals surface area contributed by atoms with E-state index < -0.39 is 0 Å². The average Bonchev–Trinajstić information content (AvgIpc) is 2.43. The molecule has 0 amide bonds. The molecule has 0 bridgehead atoms. The molecule has 0 saturated carbocycles. The van der Waals surface area contributed by atoms with Gasteiger partial charge in [-0.1, -0.05) is 19.1 Å². The van der Waals surface area contributed by atoms with Gasteiger partial charge in [0.15, 0.2) is 0 Å². The maximum absolute atomic E-state index is 13.4. The molecule has 1 heterocycles. The number of rotatable bonds is 5. The van der Waals surface area contributed by atoms with Crippen LogP contribution in [-0.4, -0.2) is 42.5 Å². The summed E-state index contributed by atoms with van der Waals surface area (Å²) in [6.07, 6.45) is 1.22. The van der Waals surface area contributed by atoms with E-state index in [1.54, 1.807) is 0 Å². The number of hydrogen-bond acceptors (Lipinski definition) is 3. The molecule has 3 nitrogen and oxygen atoms in total. The van der Waals surface area contributed by atoms with Crippen molar-refractivity contribution < 1.29 is 4.39 Å². The second-order valence-electron chi connectivity index (χ2n) is 5.25. The fourth-order valence-electron chi connectivity index (χ4n) is 2.63. The molecule has 106 valence electrons. The van der Waals surface area contributed by atoms with Gasteiger partial charge in [-0.3, -0.25) is 4.90 Å². The lowest BCUT2D eigenvalue weighted by molar-refractivity contribution is 0.127. The molecule has 1 fully saturated rings. The predicted molar refractivity (Wildman–Crippen MR) is 76.3 cm³/mol. The second kappa shape index (κ2) is 6.98. The summed E-state index contributed by atoms with van der Waals surface area (Å²) in [4.78, 5) is 4.94. The summed E-state index contributed by atoms with van der Waals surface area (Å²) in [5, 5.41) is 0. The lowest BCUT2D eigenvalue weighted by atomic mass is 10.1. The van der Waals surface area contributed by atoms with Crippen LogP contribution >= 0.6 is 0 Å². The number of hydrogen-bond donors (Lipinski definition) is 1. The van der Waals surface area contributed by atoms with Crippen molar-refractivity contribution in [3.63, 3.8) is 0 Å². The van der Waals surface area contributed by atoms with E-state index in [9.17, 15) is 4.39 Å². The fourth-order valence-corrected chi connectivity index (χ4v) is 2.63. The zero-order valence-corrected chi connectivity index (χ0v) is 11.7. The van der Waals surface area contributed by atoms with Crippen LogP contribution in [0.15, 0.2) is 18.2 Å². The molecule has 0 radical (unpaired) electrons. The van der Waals surface area contributed by atoms with Gasteiger partial charge in [0.25, 0.3) is 0 Å². The van der Waals surface area contributed by atoms with Gasteiger partial charge in [0, 0.05) is 44.8 Å². The van der Waals surface area contributed by atoms with Gasteiger partial charge in [-0.15, -0.1) is 0 Å². The standard InChI is InChI=1S/C15H24FN3/c1-2-5-18-6-8-19(9-7-18)12-13-3-4-15(16)14(10-13)11-17/h3-4,10H,2,5-9,11-12,17H2,1H3. The fraction of sp³-hybridized carbons (Fsp3) is 0.600. The van der Waals surface area contributed by atoms with E-state index in [1.807, 2.05) is 12.1 Å². The number of nitrogens with two attached hydrogens (primary N) is 1. The van der Waals surface area contributed by atoms with Gasteiger partial charge in [0.2, 0.25) is 0 Å². The second-order valence-corrected chi connectivity index (χ2v) is 5.25. The average molecular weight is 265 g/mol. The molecule has 0 unspecified atom stereocenters. The summed E-state index contributed by atoms with van der Waals surface area (Å²) in [6, 6.07) is 5.30. The summed E-state index contributed by atoms with van der Waals surface area (Å²) >= 11 is 0. The molecule has 1 aromatic rings. The maximum Gasteiger partial charge on any atom is 0.127 e. The smallest absolute Gasteiger partial charge is 0.127 e. The third kappa shape index (κ3) is 4.00. The number of piperazine rings is 1. The van der Waals surface area contributed by atoms with Crippen LogP contribution in [0.2, 0.25) is 0 Å². The molecule has 2 N–H and O–H groups in total. The van der Waals surface area contributed by atoms with E-state index in [2.05, 4.69) is 16.7 Å². The SMILES string of the molecule is CCCN1CCN(Cc2ccc(F)c(CN)c2)CC1. The third-order valence-corrected chi connectivity index (χ3v) is 3.74. The minimum atomic E-state index is -0.195. The molecule has 1 aliphatic heterocycles. The molecular weight excluding hydrogens is 241 g/mol. The maximum atomic E-state index is 13.4. The molecule has 4 heteroatoms. The highest BCUT2D eigenvalue weighted by Crippen LogP contribution is 2.13. The van der Waals surface area contributed by atoms with Crippen LogP contribution in [0.25, 0.3) is 0 Å². The van der Waals surface area contributed by atoms with E-state index >= 15 is 0 Å². The summed E-state index contributed by atoms with van der Waals surface area (Å²) in [7, 11) is 0. The van der Waals surface area contributed by atoms with E-state index in [-0.39, 0.29) is 12.4 Å². The monoisotopic (exact) mass is 265 g/mol. The molecule has 1 aromatic carbocycles. The Balaban J connectivity index is 1.88. The zero-order valence-electron chi connectivity index (χ0n) is 11.7. The molecule has 19 heavy (non-hydrogen) atoms. The van der Waals surface area contributed by atoms with Gasteiger partial charge in [-0.05, 0) is 24.6 Å². The molecule has 0 aliphatic carbocycles. The Morgan fingerprint density at radius 3 is 2.47 bits per heavy atom. The van der Waals surface area contributed by atoms with E-state index in [0.717, 1.165) is 38.3 Å². The Hall–Kier alpha value is -0.970. The first-order chi connectivity index (χ1) is 9.22. The van der Waals surface area contributed by atoms with Crippen molar-refractivity contribution in [3.05, 3.63) is 35.1 Å². The van der Waals surface area contributed by atoms with Gasteiger partial charge in [0.1, 0.15) is 5.82 Å². The van der Waals surface area contributed by atoms with Crippen molar-refractivity contribution in [2.24, 2.45) is 5.73 Å². The highest BCUT2D eigenvalue weighted by atomic mass is 19.1. The zero-order chi connectivity index (χ0) is 13.7. The highest BCUT2D eigenvalue weighted by Gasteiger charge is 2.16. The summed E-state index contributed by atoms with van der Waals surface area (Å²) in [5.41, 5.74) is 7.32. The summed E-state index contributed by atoms with van der Waals surface area (Å²) < 4.78 is 13.4. The van der Waals surface area contributed by atoms with Gasteiger partial charge in [-0.2, -0.15) is 0 Å². The van der Waals surface area contributed by atoms with Crippen molar-refractivity contribution in [1.29, 1.82) is 0 Å². The first kappa shape index (κ1) is 14.4. The van der Waals surface area contributed by atoms with Crippen LogP contribution in [0.3, 0.4) is 0 Å². The first-order valence-electron chi connectivity index (χ1n) is 7.15. The lowest BCUT2D eigenvalue weighted by Gasteiger charge is -2.34. The molecule has 2 rings (SSSR count). The Kier molecular flexibility index (Phi) is 5.31. The van der Waals surface area contributed by atoms with E-state index in [4.69, 9.17) is 5.73 Å². The minimum Gasteiger partial charge on any atom is -0.326 e. The van der Waals surface area contributed by atoms with Gasteiger partial charge < -0.3 is 10.6 Å². The van der Waals surface area contributed by atoms with Crippen LogP contribution in [0.1, 0.15) is 24.5 Å². The van der Waals surface area contributed by atoms with Gasteiger partial charge >= 0.3 is 0 Å². The van der Waals surface area contributed by atoms with Crippen molar-refractivity contribution in [2.45, 2.75) is 26.4 Å². The number of benzene rings is 1. The largest absolute Gasteiger partial charge is 0.326 e. The Morgan fingerprint density at radius 1 is 1.16 bits per heavy atom. The van der Waals surface area contributed by atoms with Crippen LogP contribution < -0.4 is 5.73 Å². The molecule has 1 aliphatic rings. The summed E-state index contributed by atoms with van der Waals surface area (Å²) in [6.45, 7) is 9.04.